The molecule has 15 heteroatoms. The lowest BCUT2D eigenvalue weighted by molar-refractivity contribution is -0.146. The maximum absolute atomic E-state index is 12.9. The number of carbonyl (C=O) groups excluding carboxylic acids is 5. The number of ether oxygens (including phenoxy) is 4. The largest absolute Gasteiger partial charge is 0.467 e. The minimum absolute atomic E-state index is 0.156. The molecule has 1 heterocycles. The molecule has 4 amide bonds. The predicted octanol–water partition coefficient (Wildman–Crippen LogP) is -1.23. The SMILES string of the molecule is COC(=O)C1CCOCCCCOCC(NC(=O)C(N)CCCCNC(=O)OC(C)(C)C)C(=O)NC(N)C(=O)N1. The van der Waals surface area contributed by atoms with Crippen LogP contribution in [0.3, 0.4) is 0 Å². The fourth-order valence-corrected chi connectivity index (χ4v) is 3.47. The third-order valence-corrected chi connectivity index (χ3v) is 5.63. The van der Waals surface area contributed by atoms with Crippen molar-refractivity contribution in [2.75, 3.05) is 40.1 Å². The smallest absolute Gasteiger partial charge is 0.407 e. The third kappa shape index (κ3) is 15.0. The summed E-state index contributed by atoms with van der Waals surface area (Å²) in [7, 11) is 1.19. The van der Waals surface area contributed by atoms with Crippen molar-refractivity contribution in [2.24, 2.45) is 11.5 Å². The Balaban J connectivity index is 2.68. The summed E-state index contributed by atoms with van der Waals surface area (Å²) >= 11 is 0. The van der Waals surface area contributed by atoms with Gasteiger partial charge in [-0.3, -0.25) is 14.4 Å². The second kappa shape index (κ2) is 18.4. The van der Waals surface area contributed by atoms with Crippen molar-refractivity contribution in [1.82, 2.24) is 21.3 Å². The summed E-state index contributed by atoms with van der Waals surface area (Å²) < 4.78 is 20.9. The van der Waals surface area contributed by atoms with Crippen LogP contribution in [0.5, 0.6) is 0 Å². The monoisotopic (exact) mass is 574 g/mol. The molecule has 0 radical (unpaired) electrons. The van der Waals surface area contributed by atoms with Crippen molar-refractivity contribution in [3.63, 3.8) is 0 Å². The lowest BCUT2D eigenvalue weighted by atomic mass is 10.1. The summed E-state index contributed by atoms with van der Waals surface area (Å²) in [6.07, 6.45) is 0.809. The average Bonchev–Trinajstić information content (AvgIpc) is 2.87. The summed E-state index contributed by atoms with van der Waals surface area (Å²) in [4.78, 5) is 61.8. The Morgan fingerprint density at radius 1 is 1.05 bits per heavy atom. The summed E-state index contributed by atoms with van der Waals surface area (Å²) in [6, 6.07) is -3.11. The molecule has 230 valence electrons. The first-order valence-corrected chi connectivity index (χ1v) is 13.5. The van der Waals surface area contributed by atoms with Gasteiger partial charge in [0.2, 0.25) is 11.8 Å². The first kappa shape index (κ1) is 35.0. The number of carbonyl (C=O) groups is 5. The van der Waals surface area contributed by atoms with Crippen LogP contribution in [0.1, 0.15) is 59.3 Å². The van der Waals surface area contributed by atoms with Gasteiger partial charge in [0.1, 0.15) is 17.7 Å². The van der Waals surface area contributed by atoms with Crippen molar-refractivity contribution in [3.05, 3.63) is 0 Å². The molecule has 0 spiro atoms. The number of methoxy groups -OCH3 is 1. The summed E-state index contributed by atoms with van der Waals surface area (Å²) in [6.45, 7) is 6.39. The van der Waals surface area contributed by atoms with Crippen molar-refractivity contribution < 1.29 is 42.9 Å². The van der Waals surface area contributed by atoms with Crippen molar-refractivity contribution in [2.45, 2.75) is 89.2 Å². The fourth-order valence-electron chi connectivity index (χ4n) is 3.47. The molecule has 0 aliphatic carbocycles. The highest BCUT2D eigenvalue weighted by molar-refractivity contribution is 5.94. The molecule has 15 nitrogen and oxygen atoms in total. The molecule has 1 saturated heterocycles. The fraction of sp³-hybridized carbons (Fsp3) is 0.800. The molecule has 0 saturated carbocycles. The molecule has 0 aromatic rings. The number of rotatable bonds is 8. The second-order valence-corrected chi connectivity index (χ2v) is 10.3. The van der Waals surface area contributed by atoms with Gasteiger partial charge in [0.25, 0.3) is 5.91 Å². The van der Waals surface area contributed by atoms with Gasteiger partial charge in [-0.15, -0.1) is 0 Å². The van der Waals surface area contributed by atoms with Crippen LogP contribution >= 0.6 is 0 Å². The third-order valence-electron chi connectivity index (χ3n) is 5.63. The Morgan fingerprint density at radius 2 is 1.73 bits per heavy atom. The van der Waals surface area contributed by atoms with E-state index in [2.05, 4.69) is 21.3 Å². The van der Waals surface area contributed by atoms with Crippen LogP contribution in [-0.2, 0) is 38.1 Å². The van der Waals surface area contributed by atoms with E-state index < -0.39 is 59.7 Å². The second-order valence-electron chi connectivity index (χ2n) is 10.3. The number of amides is 4. The topological polar surface area (TPSA) is 222 Å². The maximum atomic E-state index is 12.9. The number of nitrogens with two attached hydrogens (primary N) is 2. The number of unbranched alkanes of at least 4 members (excludes halogenated alkanes) is 1. The molecule has 8 N–H and O–H groups in total. The van der Waals surface area contributed by atoms with E-state index in [4.69, 9.17) is 30.4 Å². The molecule has 0 bridgehead atoms. The molecular weight excluding hydrogens is 528 g/mol. The van der Waals surface area contributed by atoms with Crippen LogP contribution < -0.4 is 32.7 Å². The van der Waals surface area contributed by atoms with Gasteiger partial charge in [0.05, 0.1) is 19.8 Å². The molecule has 4 atom stereocenters. The lowest BCUT2D eigenvalue weighted by Crippen LogP contribution is -2.61. The molecule has 1 aliphatic rings. The number of nitrogens with one attached hydrogen (secondary N) is 4. The zero-order valence-electron chi connectivity index (χ0n) is 23.9. The number of hydrogen-bond acceptors (Lipinski definition) is 11. The lowest BCUT2D eigenvalue weighted by Gasteiger charge is -2.24. The quantitative estimate of drug-likeness (QED) is 0.149. The summed E-state index contributed by atoms with van der Waals surface area (Å²) in [5, 5.41) is 9.95. The molecule has 0 aromatic carbocycles. The average molecular weight is 575 g/mol. The Morgan fingerprint density at radius 3 is 2.38 bits per heavy atom. The number of alkyl carbamates (subject to hydrolysis) is 1. The highest BCUT2D eigenvalue weighted by Gasteiger charge is 2.29. The van der Waals surface area contributed by atoms with Crippen LogP contribution in [0.25, 0.3) is 0 Å². The van der Waals surface area contributed by atoms with Gasteiger partial charge in [-0.25, -0.2) is 9.59 Å². The minimum atomic E-state index is -1.51. The Hall–Kier alpha value is -3.01. The predicted molar refractivity (Wildman–Crippen MR) is 144 cm³/mol. The van der Waals surface area contributed by atoms with Crippen molar-refractivity contribution in [3.8, 4) is 0 Å². The molecule has 1 aliphatic heterocycles. The van der Waals surface area contributed by atoms with Crippen molar-refractivity contribution >= 4 is 29.8 Å². The van der Waals surface area contributed by atoms with Gasteiger partial charge in [-0.1, -0.05) is 0 Å². The zero-order chi connectivity index (χ0) is 30.1. The Kier molecular flexibility index (Phi) is 16.1. The van der Waals surface area contributed by atoms with Crippen LogP contribution in [-0.4, -0.2) is 99.8 Å². The molecule has 0 aromatic heterocycles. The van der Waals surface area contributed by atoms with Gasteiger partial charge in [-0.2, -0.15) is 0 Å². The molecular formula is C25H46N6O9. The van der Waals surface area contributed by atoms with Crippen LogP contribution in [0.4, 0.5) is 4.79 Å². The molecule has 1 rings (SSSR count). The van der Waals surface area contributed by atoms with E-state index in [9.17, 15) is 24.0 Å². The van der Waals surface area contributed by atoms with Crippen LogP contribution in [0.15, 0.2) is 0 Å². The molecule has 1 fully saturated rings. The van der Waals surface area contributed by atoms with E-state index in [1.54, 1.807) is 20.8 Å². The molecule has 40 heavy (non-hydrogen) atoms. The standard InChI is InChI=1S/C25H46N6O9/c1-25(2,3)40-24(36)28-11-6-5-9-16(26)20(32)30-18-15-39-13-8-7-12-38-14-10-17(23(35)37-4)29-22(34)19(27)31-21(18)33/h16-19H,5-15,26-27H2,1-4H3,(H,28,36)(H,29,34)(H,30,32)(H,31,33). The van der Waals surface area contributed by atoms with E-state index in [0.29, 0.717) is 51.9 Å². The van der Waals surface area contributed by atoms with E-state index in [-0.39, 0.29) is 19.6 Å². The highest BCUT2D eigenvalue weighted by atomic mass is 16.6. The Bertz CT molecular complexity index is 836. The first-order chi connectivity index (χ1) is 18.8. The minimum Gasteiger partial charge on any atom is -0.467 e. The van der Waals surface area contributed by atoms with Gasteiger partial charge < -0.3 is 51.7 Å². The van der Waals surface area contributed by atoms with Crippen LogP contribution in [0.2, 0.25) is 0 Å². The summed E-state index contributed by atoms with van der Waals surface area (Å²) in [5.74, 6) is -2.84. The van der Waals surface area contributed by atoms with E-state index in [1.807, 2.05) is 0 Å². The van der Waals surface area contributed by atoms with E-state index >= 15 is 0 Å². The first-order valence-electron chi connectivity index (χ1n) is 13.5. The Labute approximate surface area is 235 Å². The van der Waals surface area contributed by atoms with Gasteiger partial charge in [0, 0.05) is 32.8 Å². The van der Waals surface area contributed by atoms with Gasteiger partial charge in [0.15, 0.2) is 6.17 Å². The summed E-state index contributed by atoms with van der Waals surface area (Å²) in [5.41, 5.74) is 11.2. The number of hydrogen-bond donors (Lipinski definition) is 6. The van der Waals surface area contributed by atoms with E-state index in [1.165, 1.54) is 7.11 Å². The maximum Gasteiger partial charge on any atom is 0.407 e. The van der Waals surface area contributed by atoms with Gasteiger partial charge in [-0.05, 0) is 52.9 Å². The highest BCUT2D eigenvalue weighted by Crippen LogP contribution is 2.07. The van der Waals surface area contributed by atoms with Gasteiger partial charge >= 0.3 is 12.1 Å². The molecule has 4 unspecified atom stereocenters. The van der Waals surface area contributed by atoms with Crippen molar-refractivity contribution in [1.29, 1.82) is 0 Å². The van der Waals surface area contributed by atoms with E-state index in [0.717, 1.165) is 0 Å². The zero-order valence-corrected chi connectivity index (χ0v) is 23.9. The number of esters is 1. The van der Waals surface area contributed by atoms with Crippen LogP contribution in [0, 0.1) is 0 Å². The normalized spacial score (nSPS) is 22.7.